The molecule has 5 heteroatoms. The van der Waals surface area contributed by atoms with Gasteiger partial charge in [-0.05, 0) is 36.8 Å². The zero-order valence-electron chi connectivity index (χ0n) is 16.7. The number of aryl methyl sites for hydroxylation is 1. The molecule has 2 N–H and O–H groups in total. The molecule has 148 valence electrons. The number of anilines is 2. The van der Waals surface area contributed by atoms with Crippen LogP contribution in [0.2, 0.25) is 0 Å². The van der Waals surface area contributed by atoms with Crippen LogP contribution in [0.15, 0.2) is 91.3 Å². The van der Waals surface area contributed by atoms with Crippen LogP contribution < -0.4 is 10.6 Å². The first-order valence-corrected chi connectivity index (χ1v) is 9.76. The summed E-state index contributed by atoms with van der Waals surface area (Å²) in [6.45, 7) is 2.54. The van der Waals surface area contributed by atoms with Crippen molar-refractivity contribution in [3.8, 4) is 11.3 Å². The maximum absolute atomic E-state index is 12.4. The van der Waals surface area contributed by atoms with E-state index in [-0.39, 0.29) is 5.91 Å². The van der Waals surface area contributed by atoms with Crippen LogP contribution >= 0.6 is 0 Å². The molecule has 4 rings (SSSR count). The van der Waals surface area contributed by atoms with Gasteiger partial charge in [-0.1, -0.05) is 60.2 Å². The van der Waals surface area contributed by atoms with E-state index < -0.39 is 0 Å². The third-order valence-corrected chi connectivity index (χ3v) is 4.69. The van der Waals surface area contributed by atoms with Crippen molar-refractivity contribution < 1.29 is 4.79 Å². The summed E-state index contributed by atoms with van der Waals surface area (Å²) in [4.78, 5) is 21.0. The van der Waals surface area contributed by atoms with E-state index in [1.807, 2.05) is 73.7 Å². The number of nitrogens with one attached hydrogen (secondary N) is 2. The molecule has 0 atom stereocenters. The number of nitrogens with zero attached hydrogens (tertiary/aromatic N) is 2. The standard InChI is InChI=1S/C25H22N4O/c1-18-6-5-7-19(14-18)16-26-25(30)21-10-12-22(13-11-21)29-24-15-23(27-17-28-24)20-8-3-2-4-9-20/h2-15,17H,16H2,1H3,(H,26,30)(H,27,28,29). The van der Waals surface area contributed by atoms with Crippen LogP contribution in [-0.4, -0.2) is 15.9 Å². The monoisotopic (exact) mass is 394 g/mol. The van der Waals surface area contributed by atoms with Crippen LogP contribution in [0, 0.1) is 6.92 Å². The van der Waals surface area contributed by atoms with Crippen LogP contribution in [0.4, 0.5) is 11.5 Å². The van der Waals surface area contributed by atoms with Gasteiger partial charge in [-0.25, -0.2) is 9.97 Å². The van der Waals surface area contributed by atoms with E-state index >= 15 is 0 Å². The number of carbonyl (C=O) groups excluding carboxylic acids is 1. The van der Waals surface area contributed by atoms with Crippen molar-refractivity contribution in [2.45, 2.75) is 13.5 Å². The maximum Gasteiger partial charge on any atom is 0.251 e. The summed E-state index contributed by atoms with van der Waals surface area (Å²) in [7, 11) is 0. The van der Waals surface area contributed by atoms with Gasteiger partial charge in [0.15, 0.2) is 0 Å². The third-order valence-electron chi connectivity index (χ3n) is 4.69. The molecule has 30 heavy (non-hydrogen) atoms. The highest BCUT2D eigenvalue weighted by Crippen LogP contribution is 2.21. The van der Waals surface area contributed by atoms with Crippen molar-refractivity contribution >= 4 is 17.4 Å². The van der Waals surface area contributed by atoms with E-state index in [2.05, 4.69) is 26.7 Å². The zero-order chi connectivity index (χ0) is 20.8. The first-order valence-electron chi connectivity index (χ1n) is 9.76. The van der Waals surface area contributed by atoms with Gasteiger partial charge < -0.3 is 10.6 Å². The van der Waals surface area contributed by atoms with E-state index in [4.69, 9.17) is 0 Å². The molecule has 4 aromatic rings. The molecule has 1 aromatic heterocycles. The fourth-order valence-electron chi connectivity index (χ4n) is 3.15. The fourth-order valence-corrected chi connectivity index (χ4v) is 3.15. The molecule has 5 nitrogen and oxygen atoms in total. The van der Waals surface area contributed by atoms with Crippen LogP contribution in [0.25, 0.3) is 11.3 Å². The van der Waals surface area contributed by atoms with Gasteiger partial charge >= 0.3 is 0 Å². The predicted molar refractivity (Wildman–Crippen MR) is 120 cm³/mol. The highest BCUT2D eigenvalue weighted by atomic mass is 16.1. The Bertz CT molecular complexity index is 1140. The Morgan fingerprint density at radius 1 is 0.867 bits per heavy atom. The Kier molecular flexibility index (Phi) is 5.80. The number of hydrogen-bond acceptors (Lipinski definition) is 4. The largest absolute Gasteiger partial charge is 0.348 e. The molecule has 0 spiro atoms. The summed E-state index contributed by atoms with van der Waals surface area (Å²) < 4.78 is 0. The normalized spacial score (nSPS) is 10.4. The van der Waals surface area contributed by atoms with Gasteiger partial charge in [-0.3, -0.25) is 4.79 Å². The van der Waals surface area contributed by atoms with E-state index in [0.29, 0.717) is 17.9 Å². The molecule has 3 aromatic carbocycles. The lowest BCUT2D eigenvalue weighted by molar-refractivity contribution is 0.0951. The van der Waals surface area contributed by atoms with Gasteiger partial charge in [0.1, 0.15) is 12.1 Å². The molecule has 0 fully saturated rings. The second-order valence-corrected chi connectivity index (χ2v) is 7.03. The molecule has 0 aliphatic rings. The van der Waals surface area contributed by atoms with Gasteiger partial charge in [0, 0.05) is 29.4 Å². The molecular formula is C25H22N4O. The number of amides is 1. The minimum absolute atomic E-state index is 0.101. The third kappa shape index (κ3) is 4.89. The van der Waals surface area contributed by atoms with Crippen molar-refractivity contribution in [2.75, 3.05) is 5.32 Å². The van der Waals surface area contributed by atoms with Gasteiger partial charge in [-0.2, -0.15) is 0 Å². The molecule has 0 saturated heterocycles. The molecule has 1 amide bonds. The fraction of sp³-hybridized carbons (Fsp3) is 0.0800. The summed E-state index contributed by atoms with van der Waals surface area (Å²) in [5, 5.41) is 6.22. The Labute approximate surface area is 175 Å². The first-order chi connectivity index (χ1) is 14.7. The quantitative estimate of drug-likeness (QED) is 0.476. The van der Waals surface area contributed by atoms with Crippen molar-refractivity contribution in [1.29, 1.82) is 0 Å². The lowest BCUT2D eigenvalue weighted by Gasteiger charge is -2.09. The first kappa shape index (κ1) is 19.3. The smallest absolute Gasteiger partial charge is 0.251 e. The second-order valence-electron chi connectivity index (χ2n) is 7.03. The Balaban J connectivity index is 1.39. The van der Waals surface area contributed by atoms with Gasteiger partial charge in [0.2, 0.25) is 0 Å². The highest BCUT2D eigenvalue weighted by molar-refractivity contribution is 5.94. The number of hydrogen-bond donors (Lipinski definition) is 2. The molecule has 0 radical (unpaired) electrons. The van der Waals surface area contributed by atoms with Crippen molar-refractivity contribution in [1.82, 2.24) is 15.3 Å². The Morgan fingerprint density at radius 3 is 2.43 bits per heavy atom. The van der Waals surface area contributed by atoms with E-state index in [0.717, 1.165) is 22.5 Å². The second kappa shape index (κ2) is 9.01. The number of carbonyl (C=O) groups is 1. The van der Waals surface area contributed by atoms with Crippen LogP contribution in [-0.2, 0) is 6.54 Å². The average Bonchev–Trinajstić information content (AvgIpc) is 2.79. The molecule has 0 aliphatic carbocycles. The zero-order valence-corrected chi connectivity index (χ0v) is 16.7. The molecule has 0 bridgehead atoms. The van der Waals surface area contributed by atoms with Crippen LogP contribution in [0.1, 0.15) is 21.5 Å². The van der Waals surface area contributed by atoms with E-state index in [1.165, 1.54) is 11.9 Å². The van der Waals surface area contributed by atoms with Crippen molar-refractivity contribution in [3.63, 3.8) is 0 Å². The minimum atomic E-state index is -0.101. The van der Waals surface area contributed by atoms with Gasteiger partial charge in [-0.15, -0.1) is 0 Å². The average molecular weight is 394 g/mol. The molecular weight excluding hydrogens is 372 g/mol. The summed E-state index contributed by atoms with van der Waals surface area (Å²) in [6, 6.07) is 27.3. The maximum atomic E-state index is 12.4. The minimum Gasteiger partial charge on any atom is -0.348 e. The topological polar surface area (TPSA) is 66.9 Å². The van der Waals surface area contributed by atoms with Crippen molar-refractivity contribution in [3.05, 3.63) is 108 Å². The summed E-state index contributed by atoms with van der Waals surface area (Å²) >= 11 is 0. The van der Waals surface area contributed by atoms with Crippen LogP contribution in [0.3, 0.4) is 0 Å². The molecule has 0 saturated carbocycles. The summed E-state index contributed by atoms with van der Waals surface area (Å²) in [6.07, 6.45) is 1.54. The molecule has 0 aliphatic heterocycles. The van der Waals surface area contributed by atoms with E-state index in [9.17, 15) is 4.79 Å². The molecule has 1 heterocycles. The van der Waals surface area contributed by atoms with E-state index in [1.54, 1.807) is 12.1 Å². The Morgan fingerprint density at radius 2 is 1.67 bits per heavy atom. The lowest BCUT2D eigenvalue weighted by atomic mass is 10.1. The highest BCUT2D eigenvalue weighted by Gasteiger charge is 2.07. The summed E-state index contributed by atoms with van der Waals surface area (Å²) in [5.74, 6) is 0.594. The van der Waals surface area contributed by atoms with Crippen LogP contribution in [0.5, 0.6) is 0 Å². The van der Waals surface area contributed by atoms with Crippen molar-refractivity contribution in [2.24, 2.45) is 0 Å². The Hall–Kier alpha value is -3.99. The SMILES string of the molecule is Cc1cccc(CNC(=O)c2ccc(Nc3cc(-c4ccccc4)ncn3)cc2)c1. The summed E-state index contributed by atoms with van der Waals surface area (Å²) in [5.41, 5.74) is 5.60. The van der Waals surface area contributed by atoms with Gasteiger partial charge in [0.05, 0.1) is 5.69 Å². The number of rotatable bonds is 6. The number of aromatic nitrogens is 2. The lowest BCUT2D eigenvalue weighted by Crippen LogP contribution is -2.22. The predicted octanol–water partition coefficient (Wildman–Crippen LogP) is 5.13. The molecule has 0 unspecified atom stereocenters. The number of benzene rings is 3. The van der Waals surface area contributed by atoms with Gasteiger partial charge in [0.25, 0.3) is 5.91 Å².